The van der Waals surface area contributed by atoms with Gasteiger partial charge in [0.25, 0.3) is 0 Å². The van der Waals surface area contributed by atoms with Crippen LogP contribution in [-0.2, 0) is 17.8 Å². The van der Waals surface area contributed by atoms with Crippen LogP contribution < -0.4 is 0 Å². The van der Waals surface area contributed by atoms with Crippen LogP contribution in [-0.4, -0.2) is 6.11 Å². The first-order valence-corrected chi connectivity index (χ1v) is 11.7. The highest BCUT2D eigenvalue weighted by molar-refractivity contribution is 5.32. The van der Waals surface area contributed by atoms with E-state index in [9.17, 15) is 13.2 Å². The summed E-state index contributed by atoms with van der Waals surface area (Å²) in [5, 5.41) is 8.79. The summed E-state index contributed by atoms with van der Waals surface area (Å²) in [6, 6.07) is 12.8. The highest BCUT2D eigenvalue weighted by Gasteiger charge is 2.31. The molecule has 32 heavy (non-hydrogen) atoms. The van der Waals surface area contributed by atoms with E-state index < -0.39 is 25.0 Å². The number of ether oxygens (including phenoxy) is 1. The number of nitriles is 1. The molecule has 0 N–H and O–H groups in total. The zero-order valence-corrected chi connectivity index (χ0v) is 18.8. The minimum Gasteiger partial charge on any atom is -0.315 e. The fraction of sp³-hybridized carbons (Fsp3) is 0.519. The smallest absolute Gasteiger partial charge is 0.315 e. The molecular formula is C27H32F3NO. The van der Waals surface area contributed by atoms with Crippen molar-refractivity contribution in [2.45, 2.75) is 83.3 Å². The molecule has 3 rings (SSSR count). The highest BCUT2D eigenvalue weighted by atomic mass is 19.3. The summed E-state index contributed by atoms with van der Waals surface area (Å²) in [4.78, 5) is 0. The molecule has 172 valence electrons. The van der Waals surface area contributed by atoms with Crippen molar-refractivity contribution in [2.75, 3.05) is 0 Å². The minimum absolute atomic E-state index is 0.140. The number of halogens is 3. The summed E-state index contributed by atoms with van der Waals surface area (Å²) >= 11 is 0. The third-order valence-electron chi connectivity index (χ3n) is 6.54. The summed E-state index contributed by atoms with van der Waals surface area (Å²) in [5.41, 5.74) is 1.87. The maximum absolute atomic E-state index is 14.6. The number of nitrogens with zero attached hydrogens (tertiary/aromatic N) is 1. The molecule has 0 spiro atoms. The Morgan fingerprint density at radius 1 is 1.03 bits per heavy atom. The SMILES string of the molecule is CCCCCC1CCC(c2ccc(COC(F)(F)Cc3ccc(C#N)cc3)c(F)c2)CC1. The molecule has 1 fully saturated rings. The molecule has 0 atom stereocenters. The van der Waals surface area contributed by atoms with Crippen molar-refractivity contribution in [3.8, 4) is 6.07 Å². The first-order valence-electron chi connectivity index (χ1n) is 11.7. The Balaban J connectivity index is 1.51. The van der Waals surface area contributed by atoms with E-state index in [0.29, 0.717) is 17.0 Å². The van der Waals surface area contributed by atoms with Gasteiger partial charge in [-0.1, -0.05) is 56.9 Å². The summed E-state index contributed by atoms with van der Waals surface area (Å²) in [6.45, 7) is 1.73. The standard InChI is InChI=1S/C27H32F3NO/c1-2-3-4-5-20-10-12-23(13-11-20)24-14-15-25(26(28)16-24)19-32-27(29,30)17-21-6-8-22(18-31)9-7-21/h6-9,14-16,20,23H,2-5,10-13,17,19H2,1H3. The van der Waals surface area contributed by atoms with E-state index in [-0.39, 0.29) is 5.56 Å². The van der Waals surface area contributed by atoms with Gasteiger partial charge in [0.1, 0.15) is 5.82 Å². The maximum atomic E-state index is 14.6. The average Bonchev–Trinajstić information content (AvgIpc) is 2.79. The van der Waals surface area contributed by atoms with E-state index >= 15 is 0 Å². The van der Waals surface area contributed by atoms with Gasteiger partial charge < -0.3 is 4.74 Å². The second-order valence-corrected chi connectivity index (χ2v) is 8.98. The predicted octanol–water partition coefficient (Wildman–Crippen LogP) is 7.90. The average molecular weight is 444 g/mol. The zero-order chi connectivity index (χ0) is 23.0. The van der Waals surface area contributed by atoms with Crippen LogP contribution in [0.4, 0.5) is 13.2 Å². The van der Waals surface area contributed by atoms with Crippen LogP contribution in [0, 0.1) is 23.1 Å². The number of rotatable bonds is 10. The van der Waals surface area contributed by atoms with E-state index in [1.807, 2.05) is 12.1 Å². The molecule has 0 aromatic heterocycles. The molecule has 2 nitrogen and oxygen atoms in total. The number of alkyl halides is 2. The first kappa shape index (κ1) is 24.3. The van der Waals surface area contributed by atoms with Gasteiger partial charge in [-0.15, -0.1) is 0 Å². The van der Waals surface area contributed by atoms with Crippen LogP contribution in [0.25, 0.3) is 0 Å². The van der Waals surface area contributed by atoms with Gasteiger partial charge in [0.15, 0.2) is 0 Å². The molecule has 1 aliphatic carbocycles. The molecular weight excluding hydrogens is 411 g/mol. The summed E-state index contributed by atoms with van der Waals surface area (Å²) in [6.07, 6.45) is 5.57. The monoisotopic (exact) mass is 443 g/mol. The molecule has 0 unspecified atom stereocenters. The van der Waals surface area contributed by atoms with Crippen LogP contribution in [0.3, 0.4) is 0 Å². The molecule has 0 bridgehead atoms. The van der Waals surface area contributed by atoms with Gasteiger partial charge in [-0.05, 0) is 66.8 Å². The van der Waals surface area contributed by atoms with Gasteiger partial charge >= 0.3 is 6.11 Å². The van der Waals surface area contributed by atoms with Crippen molar-refractivity contribution in [3.63, 3.8) is 0 Å². The van der Waals surface area contributed by atoms with E-state index in [1.165, 1.54) is 68.9 Å². The normalized spacial score (nSPS) is 19.0. The number of unbranched alkanes of at least 4 members (excludes halogenated alkanes) is 2. The molecule has 1 aliphatic rings. The largest absolute Gasteiger partial charge is 0.360 e. The van der Waals surface area contributed by atoms with Crippen LogP contribution in [0.1, 0.15) is 86.5 Å². The second-order valence-electron chi connectivity index (χ2n) is 8.98. The number of hydrogen-bond donors (Lipinski definition) is 0. The summed E-state index contributed by atoms with van der Waals surface area (Å²) < 4.78 is 47.8. The zero-order valence-electron chi connectivity index (χ0n) is 18.8. The van der Waals surface area contributed by atoms with Gasteiger partial charge in [0, 0.05) is 5.56 Å². The topological polar surface area (TPSA) is 33.0 Å². The number of benzene rings is 2. The number of hydrogen-bond acceptors (Lipinski definition) is 2. The highest BCUT2D eigenvalue weighted by Crippen LogP contribution is 2.38. The van der Waals surface area contributed by atoms with Crippen molar-refractivity contribution < 1.29 is 17.9 Å². The van der Waals surface area contributed by atoms with Crippen molar-refractivity contribution in [1.29, 1.82) is 5.26 Å². The van der Waals surface area contributed by atoms with Crippen LogP contribution in [0.2, 0.25) is 0 Å². The summed E-state index contributed by atoms with van der Waals surface area (Å²) in [5.74, 6) is 0.648. The van der Waals surface area contributed by atoms with Gasteiger partial charge in [-0.2, -0.15) is 14.0 Å². The Hall–Kier alpha value is -2.32. The lowest BCUT2D eigenvalue weighted by atomic mass is 9.77. The molecule has 0 heterocycles. The van der Waals surface area contributed by atoms with Gasteiger partial charge in [-0.25, -0.2) is 4.39 Å². The van der Waals surface area contributed by atoms with Crippen LogP contribution in [0.5, 0.6) is 0 Å². The Kier molecular flexibility index (Phi) is 8.75. The molecule has 0 amide bonds. The van der Waals surface area contributed by atoms with E-state index in [1.54, 1.807) is 6.07 Å². The third-order valence-corrected chi connectivity index (χ3v) is 6.54. The quantitative estimate of drug-likeness (QED) is 0.350. The Labute approximate surface area is 189 Å². The molecule has 2 aromatic carbocycles. The molecule has 0 aliphatic heterocycles. The Morgan fingerprint density at radius 3 is 2.38 bits per heavy atom. The molecule has 5 heteroatoms. The van der Waals surface area contributed by atoms with Crippen molar-refractivity contribution in [1.82, 2.24) is 0 Å². The third kappa shape index (κ3) is 7.10. The Morgan fingerprint density at radius 2 is 1.75 bits per heavy atom. The van der Waals surface area contributed by atoms with E-state index in [0.717, 1.165) is 24.3 Å². The lowest BCUT2D eigenvalue weighted by Crippen LogP contribution is -2.24. The van der Waals surface area contributed by atoms with Crippen LogP contribution in [0.15, 0.2) is 42.5 Å². The fourth-order valence-electron chi connectivity index (χ4n) is 4.57. The van der Waals surface area contributed by atoms with Gasteiger partial charge in [-0.3, -0.25) is 0 Å². The molecule has 2 aromatic rings. The minimum atomic E-state index is -3.42. The molecule has 0 radical (unpaired) electrons. The molecule has 1 saturated carbocycles. The predicted molar refractivity (Wildman–Crippen MR) is 120 cm³/mol. The van der Waals surface area contributed by atoms with E-state index in [4.69, 9.17) is 10.00 Å². The lowest BCUT2D eigenvalue weighted by molar-refractivity contribution is -0.244. The van der Waals surface area contributed by atoms with E-state index in [2.05, 4.69) is 6.92 Å². The second kappa shape index (κ2) is 11.5. The Bertz CT molecular complexity index is 896. The summed E-state index contributed by atoms with van der Waals surface area (Å²) in [7, 11) is 0. The lowest BCUT2D eigenvalue weighted by Gasteiger charge is -2.29. The van der Waals surface area contributed by atoms with Crippen molar-refractivity contribution in [3.05, 3.63) is 70.5 Å². The van der Waals surface area contributed by atoms with Crippen molar-refractivity contribution in [2.24, 2.45) is 5.92 Å². The van der Waals surface area contributed by atoms with Gasteiger partial charge in [0.2, 0.25) is 0 Å². The maximum Gasteiger partial charge on any atom is 0.360 e. The van der Waals surface area contributed by atoms with Gasteiger partial charge in [0.05, 0.1) is 24.7 Å². The first-order chi connectivity index (χ1) is 15.4. The fourth-order valence-corrected chi connectivity index (χ4v) is 4.57. The van der Waals surface area contributed by atoms with Crippen molar-refractivity contribution >= 4 is 0 Å². The molecule has 0 saturated heterocycles. The van der Waals surface area contributed by atoms with Crippen LogP contribution >= 0.6 is 0 Å².